The standard InChI is InChI=1S/C14H19F2NO/c1-14(2,3)17-7-6-12(18)8-10-4-5-11(15)9-13(10)16/h4-5,9,17H,6-8H2,1-3H3. The third kappa shape index (κ3) is 5.36. The Balaban J connectivity index is 2.45. The fourth-order valence-corrected chi connectivity index (χ4v) is 1.54. The second-order valence-corrected chi connectivity index (χ2v) is 5.38. The van der Waals surface area contributed by atoms with Gasteiger partial charge in [-0.15, -0.1) is 0 Å². The molecule has 0 fully saturated rings. The highest BCUT2D eigenvalue weighted by molar-refractivity contribution is 5.81. The van der Waals surface area contributed by atoms with Crippen molar-refractivity contribution in [2.75, 3.05) is 6.54 Å². The molecule has 2 nitrogen and oxygen atoms in total. The molecule has 1 aromatic carbocycles. The summed E-state index contributed by atoms with van der Waals surface area (Å²) in [5.74, 6) is -1.34. The zero-order chi connectivity index (χ0) is 13.8. The predicted molar refractivity (Wildman–Crippen MR) is 67.4 cm³/mol. The first-order valence-corrected chi connectivity index (χ1v) is 5.98. The fraction of sp³-hybridized carbons (Fsp3) is 0.500. The number of benzene rings is 1. The predicted octanol–water partition coefficient (Wildman–Crippen LogP) is 2.85. The summed E-state index contributed by atoms with van der Waals surface area (Å²) in [4.78, 5) is 11.6. The summed E-state index contributed by atoms with van der Waals surface area (Å²) in [7, 11) is 0. The Morgan fingerprint density at radius 2 is 1.94 bits per heavy atom. The highest BCUT2D eigenvalue weighted by Crippen LogP contribution is 2.11. The van der Waals surface area contributed by atoms with Crippen molar-refractivity contribution < 1.29 is 13.6 Å². The number of Topliss-reactive ketones (excluding diaryl/α,β-unsaturated/α-hetero) is 1. The molecule has 0 spiro atoms. The third-order valence-corrected chi connectivity index (χ3v) is 2.46. The highest BCUT2D eigenvalue weighted by Gasteiger charge is 2.12. The van der Waals surface area contributed by atoms with E-state index in [0.29, 0.717) is 13.0 Å². The number of carbonyl (C=O) groups excluding carboxylic acids is 1. The van der Waals surface area contributed by atoms with E-state index in [0.717, 1.165) is 6.07 Å². The summed E-state index contributed by atoms with van der Waals surface area (Å²) in [5, 5.41) is 3.19. The van der Waals surface area contributed by atoms with Crippen LogP contribution in [-0.2, 0) is 11.2 Å². The molecular weight excluding hydrogens is 236 g/mol. The lowest BCUT2D eigenvalue weighted by atomic mass is 10.1. The zero-order valence-electron chi connectivity index (χ0n) is 11.0. The van der Waals surface area contributed by atoms with Crippen LogP contribution in [0.3, 0.4) is 0 Å². The van der Waals surface area contributed by atoms with Gasteiger partial charge in [0.2, 0.25) is 0 Å². The van der Waals surface area contributed by atoms with Crippen molar-refractivity contribution in [2.24, 2.45) is 0 Å². The summed E-state index contributed by atoms with van der Waals surface area (Å²) < 4.78 is 26.0. The third-order valence-electron chi connectivity index (χ3n) is 2.46. The van der Waals surface area contributed by atoms with Crippen molar-refractivity contribution >= 4 is 5.78 Å². The van der Waals surface area contributed by atoms with Crippen LogP contribution in [0.15, 0.2) is 18.2 Å². The van der Waals surface area contributed by atoms with E-state index in [4.69, 9.17) is 0 Å². The highest BCUT2D eigenvalue weighted by atomic mass is 19.1. The first kappa shape index (κ1) is 14.8. The lowest BCUT2D eigenvalue weighted by Crippen LogP contribution is -2.37. The molecule has 0 saturated carbocycles. The summed E-state index contributed by atoms with van der Waals surface area (Å²) in [5.41, 5.74) is 0.207. The minimum Gasteiger partial charge on any atom is -0.312 e. The van der Waals surface area contributed by atoms with Crippen molar-refractivity contribution in [2.45, 2.75) is 39.2 Å². The van der Waals surface area contributed by atoms with E-state index in [2.05, 4.69) is 5.32 Å². The summed E-state index contributed by atoms with van der Waals surface area (Å²) in [6.45, 7) is 6.59. The Labute approximate surface area is 106 Å². The number of halogens is 2. The smallest absolute Gasteiger partial charge is 0.138 e. The lowest BCUT2D eigenvalue weighted by molar-refractivity contribution is -0.118. The maximum atomic E-state index is 13.3. The van der Waals surface area contributed by atoms with Gasteiger partial charge in [-0.25, -0.2) is 8.78 Å². The maximum Gasteiger partial charge on any atom is 0.138 e. The minimum absolute atomic E-state index is 0.0118. The molecule has 0 saturated heterocycles. The first-order valence-electron chi connectivity index (χ1n) is 5.98. The van der Waals surface area contributed by atoms with Crippen LogP contribution in [0.4, 0.5) is 8.78 Å². The summed E-state index contributed by atoms with van der Waals surface area (Å²) in [6.07, 6.45) is 0.353. The number of nitrogens with one attached hydrogen (secondary N) is 1. The molecule has 0 amide bonds. The second-order valence-electron chi connectivity index (χ2n) is 5.38. The van der Waals surface area contributed by atoms with Crippen LogP contribution < -0.4 is 5.32 Å². The van der Waals surface area contributed by atoms with E-state index in [1.165, 1.54) is 12.1 Å². The van der Waals surface area contributed by atoms with E-state index < -0.39 is 11.6 Å². The number of carbonyl (C=O) groups is 1. The quantitative estimate of drug-likeness (QED) is 0.876. The molecule has 0 aliphatic heterocycles. The van der Waals surface area contributed by atoms with Crippen LogP contribution in [0.2, 0.25) is 0 Å². The molecule has 0 aliphatic rings. The minimum atomic E-state index is -0.660. The van der Waals surface area contributed by atoms with Crippen LogP contribution in [-0.4, -0.2) is 17.9 Å². The van der Waals surface area contributed by atoms with Gasteiger partial charge in [-0.1, -0.05) is 6.07 Å². The molecule has 4 heteroatoms. The Morgan fingerprint density at radius 1 is 1.28 bits per heavy atom. The van der Waals surface area contributed by atoms with E-state index in [-0.39, 0.29) is 23.3 Å². The zero-order valence-corrected chi connectivity index (χ0v) is 11.0. The van der Waals surface area contributed by atoms with E-state index in [1.807, 2.05) is 20.8 Å². The number of rotatable bonds is 5. The molecule has 1 rings (SSSR count). The maximum absolute atomic E-state index is 13.3. The molecule has 0 atom stereocenters. The second kappa shape index (κ2) is 6.05. The molecular formula is C14H19F2NO. The molecule has 0 aliphatic carbocycles. The summed E-state index contributed by atoms with van der Waals surface area (Å²) >= 11 is 0. The van der Waals surface area contributed by atoms with Gasteiger partial charge in [0.25, 0.3) is 0 Å². The molecule has 0 heterocycles. The molecule has 0 radical (unpaired) electrons. The molecule has 1 N–H and O–H groups in total. The molecule has 0 unspecified atom stereocenters. The van der Waals surface area contributed by atoms with Crippen LogP contribution in [0.1, 0.15) is 32.8 Å². The molecule has 1 aromatic rings. The van der Waals surface area contributed by atoms with Crippen molar-refractivity contribution in [3.8, 4) is 0 Å². The fourth-order valence-electron chi connectivity index (χ4n) is 1.54. The van der Waals surface area contributed by atoms with Crippen molar-refractivity contribution in [3.63, 3.8) is 0 Å². The molecule has 0 aromatic heterocycles. The SMILES string of the molecule is CC(C)(C)NCCC(=O)Cc1ccc(F)cc1F. The average molecular weight is 255 g/mol. The van der Waals surface area contributed by atoms with Crippen LogP contribution >= 0.6 is 0 Å². The van der Waals surface area contributed by atoms with E-state index in [9.17, 15) is 13.6 Å². The van der Waals surface area contributed by atoms with Crippen LogP contribution in [0, 0.1) is 11.6 Å². The van der Waals surface area contributed by atoms with Crippen LogP contribution in [0.25, 0.3) is 0 Å². The van der Waals surface area contributed by atoms with Crippen molar-refractivity contribution in [3.05, 3.63) is 35.4 Å². The number of hydrogen-bond acceptors (Lipinski definition) is 2. The lowest BCUT2D eigenvalue weighted by Gasteiger charge is -2.20. The van der Waals surface area contributed by atoms with Crippen LogP contribution in [0.5, 0.6) is 0 Å². The van der Waals surface area contributed by atoms with Gasteiger partial charge in [0, 0.05) is 31.0 Å². The average Bonchev–Trinajstić information content (AvgIpc) is 2.20. The van der Waals surface area contributed by atoms with E-state index >= 15 is 0 Å². The van der Waals surface area contributed by atoms with Gasteiger partial charge in [0.05, 0.1) is 0 Å². The first-order chi connectivity index (χ1) is 8.28. The summed E-state index contributed by atoms with van der Waals surface area (Å²) in [6, 6.07) is 3.29. The van der Waals surface area contributed by atoms with Crippen molar-refractivity contribution in [1.82, 2.24) is 5.32 Å². The topological polar surface area (TPSA) is 29.1 Å². The Morgan fingerprint density at radius 3 is 2.50 bits per heavy atom. The largest absolute Gasteiger partial charge is 0.312 e. The monoisotopic (exact) mass is 255 g/mol. The molecule has 18 heavy (non-hydrogen) atoms. The number of hydrogen-bond donors (Lipinski definition) is 1. The van der Waals surface area contributed by atoms with E-state index in [1.54, 1.807) is 0 Å². The number of ketones is 1. The van der Waals surface area contributed by atoms with Gasteiger partial charge >= 0.3 is 0 Å². The Kier molecular flexibility index (Phi) is 4.96. The van der Waals surface area contributed by atoms with Gasteiger partial charge in [0.1, 0.15) is 17.4 Å². The van der Waals surface area contributed by atoms with Crippen molar-refractivity contribution in [1.29, 1.82) is 0 Å². The van der Waals surface area contributed by atoms with Gasteiger partial charge in [-0.05, 0) is 32.4 Å². The van der Waals surface area contributed by atoms with Gasteiger partial charge in [0.15, 0.2) is 0 Å². The Bertz CT molecular complexity index is 424. The van der Waals surface area contributed by atoms with Gasteiger partial charge in [-0.2, -0.15) is 0 Å². The Hall–Kier alpha value is -1.29. The molecule has 0 bridgehead atoms. The van der Waals surface area contributed by atoms with Gasteiger partial charge < -0.3 is 5.32 Å². The van der Waals surface area contributed by atoms with Gasteiger partial charge in [-0.3, -0.25) is 4.79 Å². The molecule has 100 valence electrons. The normalized spacial score (nSPS) is 11.6.